The summed E-state index contributed by atoms with van der Waals surface area (Å²) in [5.41, 5.74) is 1.67. The number of ether oxygens (including phenoxy) is 2. The molecule has 0 aliphatic carbocycles. The summed E-state index contributed by atoms with van der Waals surface area (Å²) in [5.74, 6) is 0.988. The predicted octanol–water partition coefficient (Wildman–Crippen LogP) is 2.58. The van der Waals surface area contributed by atoms with E-state index < -0.39 is 0 Å². The normalized spacial score (nSPS) is 12.3. The number of fused-ring (bicyclic) bond motifs is 1. The van der Waals surface area contributed by atoms with Crippen molar-refractivity contribution < 1.29 is 14.3 Å². The molecule has 1 heterocycles. The summed E-state index contributed by atoms with van der Waals surface area (Å²) < 4.78 is 10.9. The maximum atomic E-state index is 12.2. The van der Waals surface area contributed by atoms with Gasteiger partial charge >= 0.3 is 0 Å². The average molecular weight is 280 g/mol. The molecule has 1 aliphatic rings. The molecule has 0 fully saturated rings. The molecule has 5 nitrogen and oxygen atoms in total. The lowest BCUT2D eigenvalue weighted by atomic mass is 10.1. The number of nitrogens with one attached hydrogen (secondary N) is 1. The van der Waals surface area contributed by atoms with Gasteiger partial charge in [0.2, 0.25) is 0 Å². The second-order valence-electron chi connectivity index (χ2n) is 4.50. The van der Waals surface area contributed by atoms with Crippen LogP contribution in [0.3, 0.4) is 0 Å². The zero-order valence-electron chi connectivity index (χ0n) is 11.1. The number of nitrogens with zero attached hydrogens (tertiary/aromatic N) is 1. The van der Waals surface area contributed by atoms with Gasteiger partial charge < -0.3 is 14.8 Å². The van der Waals surface area contributed by atoms with E-state index in [1.54, 1.807) is 42.5 Å². The lowest BCUT2D eigenvalue weighted by Gasteiger charge is -2.18. The molecule has 1 amide bonds. The van der Waals surface area contributed by atoms with Crippen LogP contribution in [-0.4, -0.2) is 19.1 Å². The van der Waals surface area contributed by atoms with Crippen LogP contribution in [0.4, 0.5) is 5.69 Å². The summed E-state index contributed by atoms with van der Waals surface area (Å²) in [6.45, 7) is 0.997. The topological polar surface area (TPSA) is 71.4 Å². The number of hydrogen-bond donors (Lipinski definition) is 1. The fraction of sp³-hybridized carbons (Fsp3) is 0.125. The Morgan fingerprint density at radius 3 is 2.48 bits per heavy atom. The van der Waals surface area contributed by atoms with Crippen LogP contribution in [0.5, 0.6) is 11.5 Å². The first kappa shape index (κ1) is 13.0. The third-order valence-corrected chi connectivity index (χ3v) is 3.08. The molecule has 2 aromatic rings. The molecule has 0 bridgehead atoms. The van der Waals surface area contributed by atoms with Crippen LogP contribution in [0.25, 0.3) is 0 Å². The van der Waals surface area contributed by atoms with Crippen LogP contribution in [-0.2, 0) is 0 Å². The van der Waals surface area contributed by atoms with E-state index in [2.05, 4.69) is 5.32 Å². The molecule has 0 aromatic heterocycles. The molecule has 0 unspecified atom stereocenters. The van der Waals surface area contributed by atoms with E-state index >= 15 is 0 Å². The van der Waals surface area contributed by atoms with Gasteiger partial charge in [-0.15, -0.1) is 0 Å². The fourth-order valence-corrected chi connectivity index (χ4v) is 2.02. The largest absolute Gasteiger partial charge is 0.486 e. The van der Waals surface area contributed by atoms with Crippen molar-refractivity contribution in [2.45, 2.75) is 0 Å². The van der Waals surface area contributed by atoms with Crippen molar-refractivity contribution in [3.05, 3.63) is 53.6 Å². The van der Waals surface area contributed by atoms with E-state index in [9.17, 15) is 4.79 Å². The van der Waals surface area contributed by atoms with Gasteiger partial charge in [-0.3, -0.25) is 4.79 Å². The minimum absolute atomic E-state index is 0.239. The van der Waals surface area contributed by atoms with Crippen molar-refractivity contribution in [3.8, 4) is 17.6 Å². The number of anilines is 1. The van der Waals surface area contributed by atoms with Gasteiger partial charge in [-0.05, 0) is 42.5 Å². The quantitative estimate of drug-likeness (QED) is 0.917. The number of benzene rings is 2. The van der Waals surface area contributed by atoms with Crippen LogP contribution < -0.4 is 14.8 Å². The number of rotatable bonds is 2. The zero-order valence-corrected chi connectivity index (χ0v) is 11.1. The second-order valence-corrected chi connectivity index (χ2v) is 4.50. The monoisotopic (exact) mass is 280 g/mol. The SMILES string of the molecule is N#Cc1ccc(NC(=O)c2ccc3c(c2)OCCO3)cc1. The number of amides is 1. The van der Waals surface area contributed by atoms with Crippen LogP contribution >= 0.6 is 0 Å². The highest BCUT2D eigenvalue weighted by Gasteiger charge is 2.15. The Balaban J connectivity index is 1.77. The van der Waals surface area contributed by atoms with E-state index in [0.717, 1.165) is 0 Å². The van der Waals surface area contributed by atoms with Crippen molar-refractivity contribution in [1.29, 1.82) is 5.26 Å². The average Bonchev–Trinajstić information content (AvgIpc) is 2.55. The molecule has 2 aromatic carbocycles. The molecule has 0 atom stereocenters. The molecule has 0 radical (unpaired) electrons. The van der Waals surface area contributed by atoms with Gasteiger partial charge in [-0.25, -0.2) is 0 Å². The maximum Gasteiger partial charge on any atom is 0.255 e. The lowest BCUT2D eigenvalue weighted by Crippen LogP contribution is -2.17. The highest BCUT2D eigenvalue weighted by molar-refractivity contribution is 6.04. The Morgan fingerprint density at radius 2 is 1.76 bits per heavy atom. The van der Waals surface area contributed by atoms with Gasteiger partial charge in [0.05, 0.1) is 11.6 Å². The van der Waals surface area contributed by atoms with E-state index in [1.165, 1.54) is 0 Å². The summed E-state index contributed by atoms with van der Waals surface area (Å²) in [7, 11) is 0. The lowest BCUT2D eigenvalue weighted by molar-refractivity contribution is 0.102. The molecule has 21 heavy (non-hydrogen) atoms. The van der Waals surface area contributed by atoms with E-state index in [4.69, 9.17) is 14.7 Å². The highest BCUT2D eigenvalue weighted by Crippen LogP contribution is 2.30. The van der Waals surface area contributed by atoms with Crippen LogP contribution in [0.15, 0.2) is 42.5 Å². The summed E-state index contributed by atoms with van der Waals surface area (Å²) in [4.78, 5) is 12.2. The molecule has 0 saturated heterocycles. The number of carbonyl (C=O) groups is 1. The predicted molar refractivity (Wildman–Crippen MR) is 76.5 cm³/mol. The van der Waals surface area contributed by atoms with Crippen molar-refractivity contribution >= 4 is 11.6 Å². The van der Waals surface area contributed by atoms with Crippen molar-refractivity contribution in [2.75, 3.05) is 18.5 Å². The molecule has 0 spiro atoms. The Morgan fingerprint density at radius 1 is 1.05 bits per heavy atom. The summed E-state index contributed by atoms with van der Waals surface area (Å²) in [6, 6.07) is 13.8. The highest BCUT2D eigenvalue weighted by atomic mass is 16.6. The Hall–Kier alpha value is -3.00. The number of nitriles is 1. The smallest absolute Gasteiger partial charge is 0.255 e. The Bertz CT molecular complexity index is 717. The summed E-state index contributed by atoms with van der Waals surface area (Å²) in [6.07, 6.45) is 0. The van der Waals surface area contributed by atoms with E-state index in [-0.39, 0.29) is 5.91 Å². The van der Waals surface area contributed by atoms with Crippen molar-refractivity contribution in [1.82, 2.24) is 0 Å². The van der Waals surface area contributed by atoms with Gasteiger partial charge in [-0.2, -0.15) is 5.26 Å². The van der Waals surface area contributed by atoms with Gasteiger partial charge in [0, 0.05) is 11.3 Å². The number of carbonyl (C=O) groups excluding carboxylic acids is 1. The zero-order chi connectivity index (χ0) is 14.7. The first-order valence-corrected chi connectivity index (χ1v) is 6.47. The van der Waals surface area contributed by atoms with Crippen molar-refractivity contribution in [3.63, 3.8) is 0 Å². The molecule has 0 saturated carbocycles. The Kier molecular flexibility index (Phi) is 3.44. The molecule has 3 rings (SSSR count). The van der Waals surface area contributed by atoms with Crippen LogP contribution in [0, 0.1) is 11.3 Å². The molecule has 1 N–H and O–H groups in total. The molecular weight excluding hydrogens is 268 g/mol. The van der Waals surface area contributed by atoms with E-state index in [0.29, 0.717) is 41.5 Å². The number of hydrogen-bond acceptors (Lipinski definition) is 4. The third kappa shape index (κ3) is 2.79. The summed E-state index contributed by atoms with van der Waals surface area (Å²) in [5, 5.41) is 11.5. The summed E-state index contributed by atoms with van der Waals surface area (Å²) >= 11 is 0. The first-order valence-electron chi connectivity index (χ1n) is 6.47. The van der Waals surface area contributed by atoms with Crippen molar-refractivity contribution in [2.24, 2.45) is 0 Å². The molecular formula is C16H12N2O3. The third-order valence-electron chi connectivity index (χ3n) is 3.08. The maximum absolute atomic E-state index is 12.2. The second kappa shape index (κ2) is 5.55. The first-order chi connectivity index (χ1) is 10.3. The van der Waals surface area contributed by atoms with Crippen LogP contribution in [0.2, 0.25) is 0 Å². The van der Waals surface area contributed by atoms with Crippen LogP contribution in [0.1, 0.15) is 15.9 Å². The Labute approximate surface area is 121 Å². The van der Waals surface area contributed by atoms with E-state index in [1.807, 2.05) is 6.07 Å². The molecule has 1 aliphatic heterocycles. The minimum Gasteiger partial charge on any atom is -0.486 e. The van der Waals surface area contributed by atoms with Gasteiger partial charge in [0.15, 0.2) is 11.5 Å². The van der Waals surface area contributed by atoms with Gasteiger partial charge in [-0.1, -0.05) is 0 Å². The minimum atomic E-state index is -0.239. The standard InChI is InChI=1S/C16H12N2O3/c17-10-11-1-4-13(5-2-11)18-16(19)12-3-6-14-15(9-12)21-8-7-20-14/h1-6,9H,7-8H2,(H,18,19). The van der Waals surface area contributed by atoms with Gasteiger partial charge in [0.1, 0.15) is 13.2 Å². The molecule has 104 valence electrons. The van der Waals surface area contributed by atoms with Gasteiger partial charge in [0.25, 0.3) is 5.91 Å². The fourth-order valence-electron chi connectivity index (χ4n) is 2.02. The molecule has 5 heteroatoms.